The molecule has 0 aromatic rings. The first-order valence-corrected chi connectivity index (χ1v) is 6.42. The lowest BCUT2D eigenvalue weighted by Gasteiger charge is -2.33. The molecule has 2 N–H and O–H groups in total. The summed E-state index contributed by atoms with van der Waals surface area (Å²) in [6, 6.07) is -0.115. The Morgan fingerprint density at radius 1 is 1.53 bits per heavy atom. The lowest BCUT2D eigenvalue weighted by atomic mass is 10.2. The van der Waals surface area contributed by atoms with Gasteiger partial charge in [0.05, 0.1) is 19.1 Å². The normalized spacial score (nSPS) is 21.3. The van der Waals surface area contributed by atoms with Crippen molar-refractivity contribution in [2.24, 2.45) is 0 Å². The van der Waals surface area contributed by atoms with Gasteiger partial charge in [-0.3, -0.25) is 4.79 Å². The average Bonchev–Trinajstić information content (AvgIpc) is 2.27. The molecule has 2 amide bonds. The van der Waals surface area contributed by atoms with Crippen LogP contribution in [0.1, 0.15) is 13.3 Å². The largest absolute Gasteiger partial charge is 0.481 e. The van der Waals surface area contributed by atoms with Gasteiger partial charge in [0, 0.05) is 25.7 Å². The third-order valence-electron chi connectivity index (χ3n) is 2.84. The molecule has 0 bridgehead atoms. The fourth-order valence-electron chi connectivity index (χ4n) is 2.12. The number of amides is 2. The van der Waals surface area contributed by atoms with Crippen molar-refractivity contribution in [1.82, 2.24) is 15.1 Å². The number of carbonyl (C=O) groups is 2. The average molecular weight is 273 g/mol. The van der Waals surface area contributed by atoms with Gasteiger partial charge in [-0.2, -0.15) is 0 Å². The molecule has 1 heterocycles. The van der Waals surface area contributed by atoms with Crippen LogP contribution in [0.2, 0.25) is 0 Å². The Kier molecular flexibility index (Phi) is 6.04. The first-order valence-electron chi connectivity index (χ1n) is 6.42. The molecule has 0 saturated carbocycles. The molecule has 0 aliphatic carbocycles. The van der Waals surface area contributed by atoms with Gasteiger partial charge in [0.2, 0.25) is 0 Å². The van der Waals surface area contributed by atoms with Crippen LogP contribution in [-0.4, -0.2) is 79.4 Å². The second-order valence-corrected chi connectivity index (χ2v) is 5.15. The maximum absolute atomic E-state index is 12.0. The minimum absolute atomic E-state index is 0.0447. The van der Waals surface area contributed by atoms with Crippen molar-refractivity contribution < 1.29 is 19.4 Å². The van der Waals surface area contributed by atoms with Crippen molar-refractivity contribution in [3.05, 3.63) is 0 Å². The molecule has 0 spiro atoms. The second-order valence-electron chi connectivity index (χ2n) is 5.15. The molecule has 110 valence electrons. The molecule has 0 aromatic carbocycles. The Morgan fingerprint density at radius 3 is 2.79 bits per heavy atom. The van der Waals surface area contributed by atoms with Crippen LogP contribution in [0.25, 0.3) is 0 Å². The number of carboxylic acids is 1. The Morgan fingerprint density at radius 2 is 2.21 bits per heavy atom. The fourth-order valence-corrected chi connectivity index (χ4v) is 2.12. The van der Waals surface area contributed by atoms with Gasteiger partial charge in [-0.05, 0) is 21.0 Å². The van der Waals surface area contributed by atoms with Gasteiger partial charge < -0.3 is 25.0 Å². The SMILES string of the molecule is CC(CN(C)C)NC(=O)N1CCOC(CC(=O)O)C1. The van der Waals surface area contributed by atoms with Gasteiger partial charge in [-0.1, -0.05) is 0 Å². The molecule has 0 aromatic heterocycles. The van der Waals surface area contributed by atoms with Gasteiger partial charge in [0.25, 0.3) is 0 Å². The highest BCUT2D eigenvalue weighted by Crippen LogP contribution is 2.09. The van der Waals surface area contributed by atoms with E-state index >= 15 is 0 Å². The number of morpholine rings is 1. The van der Waals surface area contributed by atoms with Crippen LogP contribution < -0.4 is 5.32 Å². The summed E-state index contributed by atoms with van der Waals surface area (Å²) >= 11 is 0. The Labute approximate surface area is 113 Å². The monoisotopic (exact) mass is 273 g/mol. The van der Waals surface area contributed by atoms with Crippen LogP contribution in [0.4, 0.5) is 4.79 Å². The van der Waals surface area contributed by atoms with Crippen LogP contribution in [0.5, 0.6) is 0 Å². The predicted molar refractivity (Wildman–Crippen MR) is 70.1 cm³/mol. The van der Waals surface area contributed by atoms with Crippen molar-refractivity contribution in [2.45, 2.75) is 25.5 Å². The predicted octanol–water partition coefficient (Wildman–Crippen LogP) is -0.178. The highest BCUT2D eigenvalue weighted by Gasteiger charge is 2.26. The minimum atomic E-state index is -0.909. The zero-order chi connectivity index (χ0) is 14.4. The zero-order valence-electron chi connectivity index (χ0n) is 11.8. The number of hydrogen-bond acceptors (Lipinski definition) is 4. The lowest BCUT2D eigenvalue weighted by molar-refractivity contribution is -0.141. The molecule has 7 heteroatoms. The van der Waals surface area contributed by atoms with Crippen LogP contribution in [0.3, 0.4) is 0 Å². The van der Waals surface area contributed by atoms with Crippen molar-refractivity contribution in [3.8, 4) is 0 Å². The number of ether oxygens (including phenoxy) is 1. The number of carboxylic acid groups (broad SMARTS) is 1. The summed E-state index contributed by atoms with van der Waals surface area (Å²) in [6.45, 7) is 3.90. The first kappa shape index (κ1) is 15.7. The summed E-state index contributed by atoms with van der Waals surface area (Å²) in [5, 5.41) is 11.6. The van der Waals surface area contributed by atoms with Gasteiger partial charge in [-0.25, -0.2) is 4.79 Å². The third kappa shape index (κ3) is 5.89. The molecular weight excluding hydrogens is 250 g/mol. The summed E-state index contributed by atoms with van der Waals surface area (Å²) < 4.78 is 5.33. The maximum atomic E-state index is 12.0. The molecule has 2 atom stereocenters. The summed E-state index contributed by atoms with van der Waals surface area (Å²) in [4.78, 5) is 26.3. The number of carbonyl (C=O) groups excluding carboxylic acids is 1. The molecule has 7 nitrogen and oxygen atoms in total. The molecule has 2 unspecified atom stereocenters. The number of aliphatic carboxylic acids is 1. The molecule has 1 aliphatic heterocycles. The van der Waals surface area contributed by atoms with Gasteiger partial charge in [-0.15, -0.1) is 0 Å². The number of urea groups is 1. The van der Waals surface area contributed by atoms with E-state index in [-0.39, 0.29) is 18.5 Å². The Hall–Kier alpha value is -1.34. The van der Waals surface area contributed by atoms with E-state index in [1.54, 1.807) is 4.90 Å². The number of likely N-dealkylation sites (N-methyl/N-ethyl adjacent to an activating group) is 1. The van der Waals surface area contributed by atoms with Crippen LogP contribution in [-0.2, 0) is 9.53 Å². The van der Waals surface area contributed by atoms with Gasteiger partial charge in [0.1, 0.15) is 0 Å². The van der Waals surface area contributed by atoms with E-state index in [4.69, 9.17) is 9.84 Å². The van der Waals surface area contributed by atoms with E-state index in [9.17, 15) is 9.59 Å². The van der Waals surface area contributed by atoms with Crippen LogP contribution in [0, 0.1) is 0 Å². The van der Waals surface area contributed by atoms with Crippen molar-refractivity contribution >= 4 is 12.0 Å². The van der Waals surface area contributed by atoms with Crippen LogP contribution >= 0.6 is 0 Å². The third-order valence-corrected chi connectivity index (χ3v) is 2.84. The van der Waals surface area contributed by atoms with E-state index in [1.165, 1.54) is 0 Å². The lowest BCUT2D eigenvalue weighted by Crippen LogP contribution is -2.53. The maximum Gasteiger partial charge on any atom is 0.317 e. The number of hydrogen-bond donors (Lipinski definition) is 2. The summed E-state index contributed by atoms with van der Waals surface area (Å²) in [5.74, 6) is -0.909. The van der Waals surface area contributed by atoms with Crippen molar-refractivity contribution in [3.63, 3.8) is 0 Å². The molecular formula is C12H23N3O4. The van der Waals surface area contributed by atoms with E-state index in [0.717, 1.165) is 6.54 Å². The summed E-state index contributed by atoms with van der Waals surface area (Å²) in [6.07, 6.45) is -0.488. The topological polar surface area (TPSA) is 82.1 Å². The molecule has 19 heavy (non-hydrogen) atoms. The van der Waals surface area contributed by atoms with Gasteiger partial charge >= 0.3 is 12.0 Å². The molecule has 1 fully saturated rings. The summed E-state index contributed by atoms with van der Waals surface area (Å²) in [5.41, 5.74) is 0. The van der Waals surface area contributed by atoms with E-state index < -0.39 is 12.1 Å². The number of nitrogens with one attached hydrogen (secondary N) is 1. The highest BCUT2D eigenvalue weighted by atomic mass is 16.5. The van der Waals surface area contributed by atoms with Crippen molar-refractivity contribution in [2.75, 3.05) is 40.3 Å². The molecule has 1 rings (SSSR count). The zero-order valence-corrected chi connectivity index (χ0v) is 11.8. The van der Waals surface area contributed by atoms with E-state index in [0.29, 0.717) is 19.7 Å². The van der Waals surface area contributed by atoms with E-state index in [2.05, 4.69) is 5.32 Å². The van der Waals surface area contributed by atoms with Crippen LogP contribution in [0.15, 0.2) is 0 Å². The summed E-state index contributed by atoms with van der Waals surface area (Å²) in [7, 11) is 3.89. The number of nitrogens with zero attached hydrogens (tertiary/aromatic N) is 2. The number of rotatable bonds is 5. The second kappa shape index (κ2) is 7.30. The molecule has 1 aliphatic rings. The minimum Gasteiger partial charge on any atom is -0.481 e. The molecule has 1 saturated heterocycles. The Balaban J connectivity index is 2.41. The Bertz CT molecular complexity index is 322. The van der Waals surface area contributed by atoms with E-state index in [1.807, 2.05) is 25.9 Å². The van der Waals surface area contributed by atoms with Crippen molar-refractivity contribution in [1.29, 1.82) is 0 Å². The van der Waals surface area contributed by atoms with Gasteiger partial charge in [0.15, 0.2) is 0 Å². The first-order chi connectivity index (χ1) is 8.88. The smallest absolute Gasteiger partial charge is 0.317 e. The quantitative estimate of drug-likeness (QED) is 0.726. The highest BCUT2D eigenvalue weighted by molar-refractivity contribution is 5.75. The fraction of sp³-hybridized carbons (Fsp3) is 0.833. The molecule has 0 radical (unpaired) electrons. The standard InChI is InChI=1S/C12H23N3O4/c1-9(7-14(2)3)13-12(18)15-4-5-19-10(8-15)6-11(16)17/h9-10H,4-8H2,1-3H3,(H,13,18)(H,16,17).